The van der Waals surface area contributed by atoms with E-state index in [1.54, 1.807) is 24.4 Å². The molecule has 0 atom stereocenters. The Kier molecular flexibility index (Phi) is 5.49. The standard InChI is InChI=1S/C21H19NO4/c1-25-20-12-17(15-23)9-10-19(20)26-21(24)18-8-5-11-22(14-18)13-16-6-3-2-4-7-16/h2-10,12,14-15H,11,13H2,1H3. The minimum absolute atomic E-state index is 0.276. The lowest BCUT2D eigenvalue weighted by atomic mass is 10.1. The number of rotatable bonds is 6. The van der Waals surface area contributed by atoms with E-state index in [4.69, 9.17) is 9.47 Å². The first-order chi connectivity index (χ1) is 12.7. The molecule has 1 heterocycles. The van der Waals surface area contributed by atoms with Gasteiger partial charge in [-0.05, 0) is 29.8 Å². The molecule has 0 saturated carbocycles. The minimum Gasteiger partial charge on any atom is -0.493 e. The summed E-state index contributed by atoms with van der Waals surface area (Å²) < 4.78 is 10.6. The lowest BCUT2D eigenvalue weighted by molar-refractivity contribution is -0.130. The second kappa shape index (κ2) is 8.16. The van der Waals surface area contributed by atoms with E-state index in [1.165, 1.54) is 13.2 Å². The van der Waals surface area contributed by atoms with E-state index in [0.29, 0.717) is 29.7 Å². The van der Waals surface area contributed by atoms with E-state index in [2.05, 4.69) is 0 Å². The van der Waals surface area contributed by atoms with Gasteiger partial charge in [-0.3, -0.25) is 4.79 Å². The molecule has 5 nitrogen and oxygen atoms in total. The van der Waals surface area contributed by atoms with Gasteiger partial charge in [0.1, 0.15) is 6.29 Å². The topological polar surface area (TPSA) is 55.8 Å². The molecule has 0 fully saturated rings. The van der Waals surface area contributed by atoms with Crippen LogP contribution in [0.15, 0.2) is 72.5 Å². The number of esters is 1. The Morgan fingerprint density at radius 2 is 1.96 bits per heavy atom. The number of carbonyl (C=O) groups is 2. The van der Waals surface area contributed by atoms with Crippen molar-refractivity contribution in [2.75, 3.05) is 13.7 Å². The molecular formula is C21H19NO4. The number of benzene rings is 2. The zero-order valence-corrected chi connectivity index (χ0v) is 14.4. The van der Waals surface area contributed by atoms with Gasteiger partial charge in [0.2, 0.25) is 0 Å². The van der Waals surface area contributed by atoms with Crippen molar-refractivity contribution in [3.8, 4) is 11.5 Å². The van der Waals surface area contributed by atoms with Gasteiger partial charge < -0.3 is 14.4 Å². The van der Waals surface area contributed by atoms with Crippen LogP contribution in [0.4, 0.5) is 0 Å². The zero-order valence-electron chi connectivity index (χ0n) is 14.4. The van der Waals surface area contributed by atoms with Crippen molar-refractivity contribution in [2.45, 2.75) is 6.54 Å². The summed E-state index contributed by atoms with van der Waals surface area (Å²) in [6, 6.07) is 14.7. The second-order valence-electron chi connectivity index (χ2n) is 5.82. The van der Waals surface area contributed by atoms with Gasteiger partial charge in [0.25, 0.3) is 0 Å². The summed E-state index contributed by atoms with van der Waals surface area (Å²) in [5.74, 6) is 0.137. The average molecular weight is 349 g/mol. The van der Waals surface area contributed by atoms with Crippen molar-refractivity contribution in [1.82, 2.24) is 4.90 Å². The maximum atomic E-state index is 12.5. The van der Waals surface area contributed by atoms with Crippen LogP contribution in [0.2, 0.25) is 0 Å². The molecule has 0 amide bonds. The van der Waals surface area contributed by atoms with Gasteiger partial charge in [-0.1, -0.05) is 36.4 Å². The van der Waals surface area contributed by atoms with Crippen molar-refractivity contribution in [1.29, 1.82) is 0 Å². The van der Waals surface area contributed by atoms with Gasteiger partial charge >= 0.3 is 5.97 Å². The number of hydrogen-bond acceptors (Lipinski definition) is 5. The van der Waals surface area contributed by atoms with Gasteiger partial charge in [0.15, 0.2) is 11.5 Å². The third-order valence-electron chi connectivity index (χ3n) is 3.95. The molecule has 0 radical (unpaired) electrons. The van der Waals surface area contributed by atoms with Crippen molar-refractivity contribution >= 4 is 12.3 Å². The summed E-state index contributed by atoms with van der Waals surface area (Å²) in [6.07, 6.45) is 6.17. The second-order valence-corrected chi connectivity index (χ2v) is 5.82. The number of ether oxygens (including phenoxy) is 2. The van der Waals surface area contributed by atoms with Gasteiger partial charge in [0, 0.05) is 24.9 Å². The lowest BCUT2D eigenvalue weighted by Gasteiger charge is -2.22. The monoisotopic (exact) mass is 349 g/mol. The Morgan fingerprint density at radius 1 is 1.15 bits per heavy atom. The summed E-state index contributed by atoms with van der Waals surface area (Å²) in [6.45, 7) is 1.43. The van der Waals surface area contributed by atoms with Crippen LogP contribution in [0.5, 0.6) is 11.5 Å². The van der Waals surface area contributed by atoms with Crippen molar-refractivity contribution in [3.63, 3.8) is 0 Å². The molecule has 2 aromatic rings. The number of carbonyl (C=O) groups excluding carboxylic acids is 2. The van der Waals surface area contributed by atoms with Crippen molar-refractivity contribution in [2.24, 2.45) is 0 Å². The van der Waals surface area contributed by atoms with Crippen LogP contribution in [-0.2, 0) is 11.3 Å². The fraction of sp³-hybridized carbons (Fsp3) is 0.143. The highest BCUT2D eigenvalue weighted by Crippen LogP contribution is 2.28. The minimum atomic E-state index is -0.476. The summed E-state index contributed by atoms with van der Waals surface area (Å²) in [4.78, 5) is 25.4. The van der Waals surface area contributed by atoms with Crippen LogP contribution in [0.1, 0.15) is 15.9 Å². The number of methoxy groups -OCH3 is 1. The zero-order chi connectivity index (χ0) is 18.4. The quantitative estimate of drug-likeness (QED) is 0.455. The fourth-order valence-electron chi connectivity index (χ4n) is 2.66. The molecule has 3 rings (SSSR count). The predicted molar refractivity (Wildman–Crippen MR) is 98.1 cm³/mol. The number of hydrogen-bond donors (Lipinski definition) is 0. The third-order valence-corrected chi connectivity index (χ3v) is 3.95. The van der Waals surface area contributed by atoms with E-state index in [-0.39, 0.29) is 5.75 Å². The molecule has 26 heavy (non-hydrogen) atoms. The van der Waals surface area contributed by atoms with Gasteiger partial charge in [-0.15, -0.1) is 0 Å². The van der Waals surface area contributed by atoms with Crippen LogP contribution in [-0.4, -0.2) is 30.8 Å². The maximum Gasteiger partial charge on any atom is 0.345 e. The highest BCUT2D eigenvalue weighted by atomic mass is 16.6. The Balaban J connectivity index is 1.72. The Bertz CT molecular complexity index is 856. The van der Waals surface area contributed by atoms with Crippen LogP contribution >= 0.6 is 0 Å². The molecule has 132 valence electrons. The van der Waals surface area contributed by atoms with Crippen LogP contribution in [0.3, 0.4) is 0 Å². The van der Waals surface area contributed by atoms with Gasteiger partial charge in [-0.2, -0.15) is 0 Å². The third kappa shape index (κ3) is 4.19. The molecule has 1 aliphatic rings. The number of nitrogens with zero attached hydrogens (tertiary/aromatic N) is 1. The first-order valence-electron chi connectivity index (χ1n) is 8.21. The van der Waals surface area contributed by atoms with Gasteiger partial charge in [-0.25, -0.2) is 4.79 Å². The van der Waals surface area contributed by atoms with Crippen LogP contribution in [0, 0.1) is 0 Å². The normalized spacial score (nSPS) is 13.1. The lowest BCUT2D eigenvalue weighted by Crippen LogP contribution is -2.23. The molecule has 0 unspecified atom stereocenters. The molecule has 2 aromatic carbocycles. The highest BCUT2D eigenvalue weighted by molar-refractivity contribution is 5.93. The summed E-state index contributed by atoms with van der Waals surface area (Å²) in [5, 5.41) is 0. The fourth-order valence-corrected chi connectivity index (χ4v) is 2.66. The largest absolute Gasteiger partial charge is 0.493 e. The molecule has 0 bridgehead atoms. The average Bonchev–Trinajstić information content (AvgIpc) is 2.69. The molecule has 1 aliphatic heterocycles. The Morgan fingerprint density at radius 3 is 2.69 bits per heavy atom. The van der Waals surface area contributed by atoms with Crippen LogP contribution in [0.25, 0.3) is 0 Å². The van der Waals surface area contributed by atoms with E-state index in [0.717, 1.165) is 12.1 Å². The summed E-state index contributed by atoms with van der Waals surface area (Å²) in [7, 11) is 1.46. The van der Waals surface area contributed by atoms with E-state index in [9.17, 15) is 9.59 Å². The maximum absolute atomic E-state index is 12.5. The Labute approximate surface area is 152 Å². The highest BCUT2D eigenvalue weighted by Gasteiger charge is 2.17. The molecule has 0 aliphatic carbocycles. The molecule has 0 spiro atoms. The molecule has 0 aromatic heterocycles. The first-order valence-corrected chi connectivity index (χ1v) is 8.21. The SMILES string of the molecule is COc1cc(C=O)ccc1OC(=O)C1=CN(Cc2ccccc2)CC=C1. The summed E-state index contributed by atoms with van der Waals surface area (Å²) in [5.41, 5.74) is 2.07. The van der Waals surface area contributed by atoms with E-state index >= 15 is 0 Å². The molecule has 0 saturated heterocycles. The molecule has 5 heteroatoms. The first kappa shape index (κ1) is 17.5. The molecule has 0 N–H and O–H groups in total. The predicted octanol–water partition coefficient (Wildman–Crippen LogP) is 3.37. The van der Waals surface area contributed by atoms with E-state index < -0.39 is 5.97 Å². The van der Waals surface area contributed by atoms with Crippen molar-refractivity contribution in [3.05, 3.63) is 83.6 Å². The number of aldehydes is 1. The van der Waals surface area contributed by atoms with Crippen molar-refractivity contribution < 1.29 is 19.1 Å². The van der Waals surface area contributed by atoms with Gasteiger partial charge in [0.05, 0.1) is 12.7 Å². The smallest absolute Gasteiger partial charge is 0.345 e. The van der Waals surface area contributed by atoms with E-state index in [1.807, 2.05) is 41.3 Å². The summed E-state index contributed by atoms with van der Waals surface area (Å²) >= 11 is 0. The molecular weight excluding hydrogens is 330 g/mol. The van der Waals surface area contributed by atoms with Crippen LogP contribution < -0.4 is 9.47 Å². The Hall–Kier alpha value is -3.34.